The summed E-state index contributed by atoms with van der Waals surface area (Å²) < 4.78 is 5.50. The monoisotopic (exact) mass is 356 g/mol. The number of allylic oxidation sites excluding steroid dienone is 1. The summed E-state index contributed by atoms with van der Waals surface area (Å²) in [5.41, 5.74) is 0.776. The number of hydrogen-bond acceptors (Lipinski definition) is 4. The molecule has 1 amide bonds. The molecule has 0 spiro atoms. The lowest BCUT2D eigenvalue weighted by atomic mass is 9.91. The van der Waals surface area contributed by atoms with Crippen LogP contribution in [0.5, 0.6) is 0 Å². The molecule has 0 aliphatic carbocycles. The van der Waals surface area contributed by atoms with Crippen LogP contribution in [0.3, 0.4) is 0 Å². The van der Waals surface area contributed by atoms with E-state index in [0.717, 1.165) is 44.3 Å². The van der Waals surface area contributed by atoms with Crippen LogP contribution in [-0.2, 0) is 4.74 Å². The molecule has 5 heteroatoms. The normalized spacial score (nSPS) is 12.0. The van der Waals surface area contributed by atoms with Crippen LogP contribution >= 0.6 is 0 Å². The lowest BCUT2D eigenvalue weighted by Crippen LogP contribution is -2.38. The van der Waals surface area contributed by atoms with Crippen molar-refractivity contribution in [3.05, 3.63) is 12.3 Å². The number of nitrogens with zero attached hydrogens (tertiary/aromatic N) is 1. The summed E-state index contributed by atoms with van der Waals surface area (Å²) in [5.74, 6) is 0. The van der Waals surface area contributed by atoms with Crippen molar-refractivity contribution < 1.29 is 14.6 Å². The maximum absolute atomic E-state index is 12.4. The van der Waals surface area contributed by atoms with Gasteiger partial charge < -0.3 is 20.1 Å². The highest BCUT2D eigenvalue weighted by Gasteiger charge is 2.21. The van der Waals surface area contributed by atoms with Gasteiger partial charge in [-0.3, -0.25) is 0 Å². The molecular weight excluding hydrogens is 316 g/mol. The van der Waals surface area contributed by atoms with Crippen molar-refractivity contribution in [2.75, 3.05) is 26.2 Å². The summed E-state index contributed by atoms with van der Waals surface area (Å²) in [6.45, 7) is 18.6. The average Bonchev–Trinajstić information content (AvgIpc) is 2.41. The van der Waals surface area contributed by atoms with Crippen LogP contribution < -0.4 is 5.32 Å². The molecule has 0 radical (unpaired) electrons. The molecule has 0 saturated carbocycles. The van der Waals surface area contributed by atoms with Gasteiger partial charge in [0.25, 0.3) is 0 Å². The minimum Gasteiger partial charge on any atom is -0.444 e. The Hall–Kier alpha value is -1.23. The van der Waals surface area contributed by atoms with Gasteiger partial charge in [-0.25, -0.2) is 4.79 Å². The van der Waals surface area contributed by atoms with Crippen molar-refractivity contribution >= 4 is 6.09 Å². The summed E-state index contributed by atoms with van der Waals surface area (Å²) in [7, 11) is 0. The Morgan fingerprint density at radius 2 is 1.64 bits per heavy atom. The molecule has 0 unspecified atom stereocenters. The van der Waals surface area contributed by atoms with E-state index in [-0.39, 0.29) is 18.1 Å². The Morgan fingerprint density at radius 1 is 1.04 bits per heavy atom. The summed E-state index contributed by atoms with van der Waals surface area (Å²) >= 11 is 0. The molecular formula is C20H40N2O3. The smallest absolute Gasteiger partial charge is 0.410 e. The number of carbonyl (C=O) groups is 1. The van der Waals surface area contributed by atoms with Gasteiger partial charge in [0.1, 0.15) is 5.60 Å². The third-order valence-corrected chi connectivity index (χ3v) is 3.46. The second-order valence-corrected chi connectivity index (χ2v) is 8.87. The zero-order valence-corrected chi connectivity index (χ0v) is 17.3. The van der Waals surface area contributed by atoms with Crippen molar-refractivity contribution in [1.82, 2.24) is 10.2 Å². The lowest BCUT2D eigenvalue weighted by molar-refractivity contribution is 0.0245. The molecule has 0 fully saturated rings. The Morgan fingerprint density at radius 3 is 2.16 bits per heavy atom. The Balaban J connectivity index is 4.33. The molecule has 25 heavy (non-hydrogen) atoms. The molecule has 0 saturated heterocycles. The van der Waals surface area contributed by atoms with Crippen molar-refractivity contribution in [1.29, 1.82) is 0 Å². The molecule has 2 N–H and O–H groups in total. The van der Waals surface area contributed by atoms with Crippen LogP contribution in [0.25, 0.3) is 0 Å². The van der Waals surface area contributed by atoms with Crippen LogP contribution in [0.15, 0.2) is 12.3 Å². The predicted octanol–water partition coefficient (Wildman–Crippen LogP) is 4.32. The van der Waals surface area contributed by atoms with Crippen LogP contribution in [-0.4, -0.2) is 47.9 Å². The fraction of sp³-hybridized carbons (Fsp3) is 0.850. The van der Waals surface area contributed by atoms with Gasteiger partial charge in [-0.15, -0.1) is 0 Å². The van der Waals surface area contributed by atoms with E-state index in [2.05, 4.69) is 32.7 Å². The Labute approximate surface area is 154 Å². The molecule has 0 aromatic rings. The molecule has 0 aromatic heterocycles. The highest BCUT2D eigenvalue weighted by Crippen LogP contribution is 2.21. The number of amides is 1. The van der Waals surface area contributed by atoms with Crippen LogP contribution in [0.2, 0.25) is 0 Å². The second kappa shape index (κ2) is 11.4. The van der Waals surface area contributed by atoms with Gasteiger partial charge in [-0.05, 0) is 58.3 Å². The molecule has 0 rings (SSSR count). The van der Waals surface area contributed by atoms with E-state index in [4.69, 9.17) is 9.84 Å². The highest BCUT2D eigenvalue weighted by atomic mass is 16.6. The Bertz CT molecular complexity index is 395. The van der Waals surface area contributed by atoms with E-state index in [1.807, 2.05) is 20.8 Å². The third-order valence-electron chi connectivity index (χ3n) is 3.46. The first-order valence-electron chi connectivity index (χ1n) is 9.45. The SMILES string of the molecule is C=C(CC(C)(C)C)NCCCN(CCCCCO)C(=O)OC(C)(C)C. The Kier molecular flexibility index (Phi) is 10.8. The van der Waals surface area contributed by atoms with Crippen LogP contribution in [0.4, 0.5) is 4.79 Å². The van der Waals surface area contributed by atoms with E-state index in [0.29, 0.717) is 13.1 Å². The molecule has 0 heterocycles. The van der Waals surface area contributed by atoms with Crippen molar-refractivity contribution in [3.63, 3.8) is 0 Å². The van der Waals surface area contributed by atoms with Gasteiger partial charge in [0.15, 0.2) is 0 Å². The molecule has 0 aromatic carbocycles. The van der Waals surface area contributed by atoms with E-state index < -0.39 is 5.60 Å². The number of unbranched alkanes of at least 4 members (excludes halogenated alkanes) is 2. The third kappa shape index (κ3) is 14.8. The highest BCUT2D eigenvalue weighted by molar-refractivity contribution is 5.68. The first-order chi connectivity index (χ1) is 11.4. The number of ether oxygens (including phenoxy) is 1. The summed E-state index contributed by atoms with van der Waals surface area (Å²) in [6, 6.07) is 0. The zero-order valence-electron chi connectivity index (χ0n) is 17.3. The van der Waals surface area contributed by atoms with Crippen molar-refractivity contribution in [3.8, 4) is 0 Å². The standard InChI is InChI=1S/C20H40N2O3/c1-17(16-19(2,3)4)21-12-11-14-22(13-9-8-10-15-23)18(24)25-20(5,6)7/h21,23H,1,8-16H2,2-7H3. The minimum absolute atomic E-state index is 0.201. The summed E-state index contributed by atoms with van der Waals surface area (Å²) in [4.78, 5) is 14.1. The number of nitrogens with one attached hydrogen (secondary N) is 1. The summed E-state index contributed by atoms with van der Waals surface area (Å²) in [5, 5.41) is 12.2. The maximum Gasteiger partial charge on any atom is 0.410 e. The zero-order chi connectivity index (χ0) is 19.5. The molecule has 0 aliphatic rings. The van der Waals surface area contributed by atoms with Crippen molar-refractivity contribution in [2.45, 2.75) is 79.2 Å². The first kappa shape index (κ1) is 23.8. The number of aliphatic hydroxyl groups excluding tert-OH is 1. The van der Waals surface area contributed by atoms with Gasteiger partial charge in [0, 0.05) is 31.9 Å². The minimum atomic E-state index is -0.486. The van der Waals surface area contributed by atoms with Crippen LogP contribution in [0, 0.1) is 5.41 Å². The van der Waals surface area contributed by atoms with Gasteiger partial charge >= 0.3 is 6.09 Å². The van der Waals surface area contributed by atoms with Gasteiger partial charge in [-0.1, -0.05) is 27.4 Å². The number of hydrogen-bond donors (Lipinski definition) is 2. The molecule has 0 aliphatic heterocycles. The molecule has 5 nitrogen and oxygen atoms in total. The predicted molar refractivity (Wildman–Crippen MR) is 105 cm³/mol. The number of carbonyl (C=O) groups excluding carboxylic acids is 1. The van der Waals surface area contributed by atoms with Gasteiger partial charge in [0.2, 0.25) is 0 Å². The molecule has 0 atom stereocenters. The van der Waals surface area contributed by atoms with Crippen LogP contribution in [0.1, 0.15) is 73.6 Å². The van der Waals surface area contributed by atoms with Crippen molar-refractivity contribution in [2.24, 2.45) is 5.41 Å². The fourth-order valence-electron chi connectivity index (χ4n) is 2.45. The lowest BCUT2D eigenvalue weighted by Gasteiger charge is -2.28. The largest absolute Gasteiger partial charge is 0.444 e. The first-order valence-corrected chi connectivity index (χ1v) is 9.45. The fourth-order valence-corrected chi connectivity index (χ4v) is 2.45. The quantitative estimate of drug-likeness (QED) is 0.541. The number of aliphatic hydroxyl groups is 1. The van der Waals surface area contributed by atoms with E-state index in [1.54, 1.807) is 4.90 Å². The molecule has 148 valence electrons. The van der Waals surface area contributed by atoms with E-state index in [1.165, 1.54) is 0 Å². The summed E-state index contributed by atoms with van der Waals surface area (Å²) in [6.07, 6.45) is 4.09. The maximum atomic E-state index is 12.4. The second-order valence-electron chi connectivity index (χ2n) is 8.87. The van der Waals surface area contributed by atoms with E-state index in [9.17, 15) is 4.79 Å². The number of rotatable bonds is 11. The van der Waals surface area contributed by atoms with Gasteiger partial charge in [0.05, 0.1) is 0 Å². The average molecular weight is 357 g/mol. The topological polar surface area (TPSA) is 61.8 Å². The van der Waals surface area contributed by atoms with E-state index >= 15 is 0 Å². The van der Waals surface area contributed by atoms with Gasteiger partial charge in [-0.2, -0.15) is 0 Å². The molecule has 0 bridgehead atoms.